The van der Waals surface area contributed by atoms with Crippen LogP contribution < -0.4 is 10.2 Å². The van der Waals surface area contributed by atoms with Crippen LogP contribution in [0.15, 0.2) is 54.9 Å². The van der Waals surface area contributed by atoms with Gasteiger partial charge in [0.05, 0.1) is 17.9 Å². The van der Waals surface area contributed by atoms with Gasteiger partial charge in [-0.05, 0) is 25.1 Å². The van der Waals surface area contributed by atoms with Crippen molar-refractivity contribution >= 4 is 56.7 Å². The highest BCUT2D eigenvalue weighted by Gasteiger charge is 2.45. The minimum absolute atomic E-state index is 0.257. The smallest absolute Gasteiger partial charge is 0.329 e. The van der Waals surface area contributed by atoms with Crippen LogP contribution in [-0.4, -0.2) is 33.2 Å². The second kappa shape index (κ2) is 6.86. The van der Waals surface area contributed by atoms with Crippen molar-refractivity contribution in [1.82, 2.24) is 15.3 Å². The number of hydrogen-bond acceptors (Lipinski definition) is 5. The number of aromatic nitrogens is 2. The largest absolute Gasteiger partial charge is 0.329 e. The summed E-state index contributed by atoms with van der Waals surface area (Å²) in [5, 5.41) is 4.60. The maximum absolute atomic E-state index is 13.3. The van der Waals surface area contributed by atoms with Gasteiger partial charge < -0.3 is 5.32 Å². The van der Waals surface area contributed by atoms with Gasteiger partial charge in [0.2, 0.25) is 0 Å². The standard InChI is InChI=1S/C21H15ClN4O2S/c1-11-13(6-7-18(22)24-11)17-8-15-19(29-17)20(27)26(21(28)25-15)16-10-23-9-12-4-2-3-5-14(12)16/h2-10,15,19H,1H3,(H,25,28). The monoisotopic (exact) mass is 422 g/mol. The fraction of sp³-hybridized carbons (Fsp3) is 0.143. The summed E-state index contributed by atoms with van der Waals surface area (Å²) in [7, 11) is 0. The number of amides is 3. The van der Waals surface area contributed by atoms with Crippen LogP contribution in [0, 0.1) is 6.92 Å². The maximum Gasteiger partial charge on any atom is 0.329 e. The molecular weight excluding hydrogens is 408 g/mol. The molecule has 0 spiro atoms. The van der Waals surface area contributed by atoms with Crippen molar-refractivity contribution < 1.29 is 9.59 Å². The van der Waals surface area contributed by atoms with Crippen LogP contribution in [0.4, 0.5) is 10.5 Å². The summed E-state index contributed by atoms with van der Waals surface area (Å²) in [5.41, 5.74) is 2.18. The molecule has 3 aromatic rings. The molecule has 2 aliphatic heterocycles. The van der Waals surface area contributed by atoms with Crippen LogP contribution in [0.1, 0.15) is 11.3 Å². The summed E-state index contributed by atoms with van der Waals surface area (Å²) in [6.07, 6.45) is 5.19. The van der Waals surface area contributed by atoms with Crippen molar-refractivity contribution in [3.8, 4) is 0 Å². The topological polar surface area (TPSA) is 75.2 Å². The van der Waals surface area contributed by atoms with E-state index in [1.54, 1.807) is 18.5 Å². The summed E-state index contributed by atoms with van der Waals surface area (Å²) < 4.78 is 0. The van der Waals surface area contributed by atoms with Gasteiger partial charge in [0, 0.05) is 33.1 Å². The molecule has 144 valence electrons. The second-order valence-electron chi connectivity index (χ2n) is 6.86. The number of halogens is 1. The van der Waals surface area contributed by atoms with Crippen LogP contribution in [0.5, 0.6) is 0 Å². The van der Waals surface area contributed by atoms with E-state index in [9.17, 15) is 9.59 Å². The Balaban J connectivity index is 1.51. The van der Waals surface area contributed by atoms with E-state index in [1.807, 2.05) is 43.3 Å². The molecule has 8 heteroatoms. The van der Waals surface area contributed by atoms with Crippen molar-refractivity contribution in [2.75, 3.05) is 4.90 Å². The summed E-state index contributed by atoms with van der Waals surface area (Å²) >= 11 is 7.39. The summed E-state index contributed by atoms with van der Waals surface area (Å²) in [6, 6.07) is 10.4. The first-order valence-electron chi connectivity index (χ1n) is 9.02. The molecule has 1 saturated heterocycles. The first kappa shape index (κ1) is 18.1. The van der Waals surface area contributed by atoms with Crippen molar-refractivity contribution in [3.05, 3.63) is 71.3 Å². The number of nitrogens with one attached hydrogen (secondary N) is 1. The molecule has 6 nitrogen and oxygen atoms in total. The Bertz CT molecular complexity index is 1210. The highest BCUT2D eigenvalue weighted by molar-refractivity contribution is 8.09. The Morgan fingerprint density at radius 2 is 1.97 bits per heavy atom. The van der Waals surface area contributed by atoms with Crippen molar-refractivity contribution in [3.63, 3.8) is 0 Å². The Labute approximate surface area is 176 Å². The first-order chi connectivity index (χ1) is 14.0. The van der Waals surface area contributed by atoms with E-state index in [0.717, 1.165) is 26.9 Å². The molecular formula is C21H15ClN4O2S. The number of imide groups is 1. The van der Waals surface area contributed by atoms with E-state index in [4.69, 9.17) is 11.6 Å². The number of anilines is 1. The van der Waals surface area contributed by atoms with Gasteiger partial charge in [0.1, 0.15) is 10.4 Å². The van der Waals surface area contributed by atoms with Gasteiger partial charge in [-0.15, -0.1) is 11.8 Å². The molecule has 2 atom stereocenters. The number of benzene rings is 1. The molecule has 0 radical (unpaired) electrons. The molecule has 29 heavy (non-hydrogen) atoms. The molecule has 2 aliphatic rings. The normalized spacial score (nSPS) is 21.2. The number of rotatable bonds is 2. The van der Waals surface area contributed by atoms with Crippen LogP contribution in [0.2, 0.25) is 5.15 Å². The molecule has 1 N–H and O–H groups in total. The molecule has 2 aromatic heterocycles. The van der Waals surface area contributed by atoms with Gasteiger partial charge in [-0.25, -0.2) is 14.7 Å². The summed E-state index contributed by atoms with van der Waals surface area (Å²) in [4.78, 5) is 36.8. The fourth-order valence-electron chi connectivity index (χ4n) is 3.71. The zero-order valence-electron chi connectivity index (χ0n) is 15.3. The molecule has 2 unspecified atom stereocenters. The van der Waals surface area contributed by atoms with Gasteiger partial charge in [-0.2, -0.15) is 0 Å². The lowest BCUT2D eigenvalue weighted by atomic mass is 10.1. The third kappa shape index (κ3) is 2.97. The van der Waals surface area contributed by atoms with Crippen LogP contribution in [-0.2, 0) is 4.79 Å². The van der Waals surface area contributed by atoms with Crippen molar-refractivity contribution in [2.24, 2.45) is 0 Å². The van der Waals surface area contributed by atoms with Crippen LogP contribution in [0.3, 0.4) is 0 Å². The lowest BCUT2D eigenvalue weighted by Gasteiger charge is -2.33. The third-order valence-corrected chi connectivity index (χ3v) is 6.64. The van der Waals surface area contributed by atoms with Gasteiger partial charge in [-0.3, -0.25) is 9.78 Å². The Morgan fingerprint density at radius 3 is 2.79 bits per heavy atom. The average molecular weight is 423 g/mol. The van der Waals surface area contributed by atoms with Gasteiger partial charge >= 0.3 is 6.03 Å². The predicted molar refractivity (Wildman–Crippen MR) is 115 cm³/mol. The average Bonchev–Trinajstić information content (AvgIpc) is 3.12. The number of hydrogen-bond donors (Lipinski definition) is 1. The number of fused-ring (bicyclic) bond motifs is 2. The molecule has 0 bridgehead atoms. The molecule has 1 fully saturated rings. The lowest BCUT2D eigenvalue weighted by molar-refractivity contribution is -0.118. The van der Waals surface area contributed by atoms with Gasteiger partial charge in [-0.1, -0.05) is 35.9 Å². The highest BCUT2D eigenvalue weighted by atomic mass is 35.5. The van der Waals surface area contributed by atoms with E-state index < -0.39 is 11.3 Å². The number of pyridine rings is 2. The molecule has 5 rings (SSSR count). The van der Waals surface area contributed by atoms with Crippen molar-refractivity contribution in [1.29, 1.82) is 0 Å². The predicted octanol–water partition coefficient (Wildman–Crippen LogP) is 4.17. The van der Waals surface area contributed by atoms with Crippen LogP contribution >= 0.6 is 23.4 Å². The number of carbonyl (C=O) groups excluding carboxylic acids is 2. The Kier molecular flexibility index (Phi) is 4.29. The number of thioether (sulfide) groups is 1. The maximum atomic E-state index is 13.3. The van der Waals surface area contributed by atoms with Crippen LogP contribution in [0.25, 0.3) is 15.7 Å². The number of urea groups is 1. The Hall–Kier alpha value is -2.90. The Morgan fingerprint density at radius 1 is 1.14 bits per heavy atom. The molecule has 3 amide bonds. The molecule has 0 saturated carbocycles. The van der Waals surface area contributed by atoms with Gasteiger partial charge in [0.25, 0.3) is 5.91 Å². The molecule has 0 aliphatic carbocycles. The third-order valence-electron chi connectivity index (χ3n) is 5.07. The number of aryl methyl sites for hydroxylation is 1. The number of nitrogens with zero attached hydrogens (tertiary/aromatic N) is 3. The zero-order chi connectivity index (χ0) is 20.1. The molecule has 1 aromatic carbocycles. The lowest BCUT2D eigenvalue weighted by Crippen LogP contribution is -2.60. The van der Waals surface area contributed by atoms with Crippen molar-refractivity contribution in [2.45, 2.75) is 18.2 Å². The fourth-order valence-corrected chi connectivity index (χ4v) is 5.24. The first-order valence-corrected chi connectivity index (χ1v) is 10.3. The summed E-state index contributed by atoms with van der Waals surface area (Å²) in [5.74, 6) is -0.257. The molecule has 4 heterocycles. The van der Waals surface area contributed by atoms with E-state index in [-0.39, 0.29) is 11.9 Å². The SMILES string of the molecule is Cc1nc(Cl)ccc1C1=CC2NC(=O)N(c3cncc4ccccc34)C(=O)C2S1. The minimum atomic E-state index is -0.447. The van der Waals surface area contributed by atoms with Gasteiger partial charge in [0.15, 0.2) is 0 Å². The summed E-state index contributed by atoms with van der Waals surface area (Å²) in [6.45, 7) is 1.87. The highest BCUT2D eigenvalue weighted by Crippen LogP contribution is 2.43. The van der Waals surface area contributed by atoms with E-state index >= 15 is 0 Å². The van der Waals surface area contributed by atoms with E-state index in [1.165, 1.54) is 16.7 Å². The minimum Gasteiger partial charge on any atom is -0.329 e. The van der Waals surface area contributed by atoms with E-state index in [2.05, 4.69) is 15.3 Å². The van der Waals surface area contributed by atoms with E-state index in [0.29, 0.717) is 10.8 Å². The zero-order valence-corrected chi connectivity index (χ0v) is 16.9. The number of carbonyl (C=O) groups is 2. The second-order valence-corrected chi connectivity index (χ2v) is 8.44. The quantitative estimate of drug-likeness (QED) is 0.627.